The Balaban J connectivity index is 1.46. The third kappa shape index (κ3) is 3.58. The number of ether oxygens (including phenoxy) is 1. The summed E-state index contributed by atoms with van der Waals surface area (Å²) >= 11 is 0. The Bertz CT molecular complexity index is 1120. The minimum Gasteiger partial charge on any atom is -0.608 e. The van der Waals surface area contributed by atoms with Crippen molar-refractivity contribution in [1.82, 2.24) is 9.78 Å². The van der Waals surface area contributed by atoms with Gasteiger partial charge in [0.15, 0.2) is 0 Å². The predicted octanol–water partition coefficient (Wildman–Crippen LogP) is 0.852. The molecule has 32 heavy (non-hydrogen) atoms. The number of hydrogen-bond acceptors (Lipinski definition) is 6. The summed E-state index contributed by atoms with van der Waals surface area (Å²) in [6.07, 6.45) is 8.82. The largest absolute Gasteiger partial charge is 0.608 e. The van der Waals surface area contributed by atoms with Crippen molar-refractivity contribution in [3.63, 3.8) is 0 Å². The molecule has 1 fully saturated rings. The number of nitrogens with zero attached hydrogens (tertiary/aromatic N) is 3. The van der Waals surface area contributed by atoms with E-state index in [1.807, 2.05) is 0 Å². The molecule has 0 spiro atoms. The first-order chi connectivity index (χ1) is 15.4. The molecule has 0 radical (unpaired) electrons. The Morgan fingerprint density at radius 2 is 1.94 bits per heavy atom. The van der Waals surface area contributed by atoms with Gasteiger partial charge in [-0.25, -0.2) is 9.10 Å². The lowest BCUT2D eigenvalue weighted by molar-refractivity contribution is -0.604. The molecule has 1 aromatic carbocycles. The Morgan fingerprint density at radius 3 is 2.50 bits per heavy atom. The highest BCUT2D eigenvalue weighted by molar-refractivity contribution is 7.86. The number of nitrogens with one attached hydrogen (secondary N) is 2. The molecule has 1 aliphatic heterocycles. The average molecular weight is 462 g/mol. The molecule has 11 heteroatoms. The Morgan fingerprint density at radius 1 is 1.25 bits per heavy atom. The van der Waals surface area contributed by atoms with E-state index in [1.165, 1.54) is 28.2 Å². The van der Waals surface area contributed by atoms with Gasteiger partial charge in [0, 0.05) is 19.9 Å². The first-order valence-electron chi connectivity index (χ1n) is 11.0. The lowest BCUT2D eigenvalue weighted by Crippen LogP contribution is -3.14. The van der Waals surface area contributed by atoms with Crippen molar-refractivity contribution >= 4 is 27.6 Å². The molecular formula is C21H27N5O5S. The summed E-state index contributed by atoms with van der Waals surface area (Å²) in [7, 11) is -2.97. The van der Waals surface area contributed by atoms with E-state index in [9.17, 15) is 18.4 Å². The molecule has 0 bridgehead atoms. The number of hydroxylamine groups is 1. The summed E-state index contributed by atoms with van der Waals surface area (Å²) in [5.74, 6) is 0. The van der Waals surface area contributed by atoms with Crippen molar-refractivity contribution in [2.24, 2.45) is 7.05 Å². The number of carbonyl (C=O) groups excluding carboxylic acids is 1. The maximum absolute atomic E-state index is 13.3. The fraction of sp³-hybridized carbons (Fsp3) is 0.524. The summed E-state index contributed by atoms with van der Waals surface area (Å²) in [5, 5.41) is 19.8. The van der Waals surface area contributed by atoms with E-state index < -0.39 is 26.8 Å². The maximum Gasteiger partial charge on any atom is 0.436 e. The van der Waals surface area contributed by atoms with Gasteiger partial charge in [-0.05, 0) is 67.2 Å². The van der Waals surface area contributed by atoms with Gasteiger partial charge in [-0.1, -0.05) is 6.07 Å². The lowest BCUT2D eigenvalue weighted by Gasteiger charge is -2.31. The molecule has 2 aliphatic carbocycles. The van der Waals surface area contributed by atoms with Crippen molar-refractivity contribution < 1.29 is 22.4 Å². The molecule has 2 atom stereocenters. The number of carbonyl (C=O) groups is 1. The molecule has 2 amide bonds. The van der Waals surface area contributed by atoms with Gasteiger partial charge in [-0.15, -0.1) is 0 Å². The van der Waals surface area contributed by atoms with Crippen molar-refractivity contribution in [3.8, 4) is 0 Å². The molecule has 172 valence electrons. The Hall–Kier alpha value is -2.47. The van der Waals surface area contributed by atoms with E-state index in [2.05, 4.69) is 16.5 Å². The van der Waals surface area contributed by atoms with E-state index in [4.69, 9.17) is 4.74 Å². The second-order valence-electron chi connectivity index (χ2n) is 8.67. The van der Waals surface area contributed by atoms with E-state index in [0.29, 0.717) is 18.7 Å². The molecule has 1 aromatic heterocycles. The van der Waals surface area contributed by atoms with Crippen molar-refractivity contribution in [1.29, 1.82) is 0 Å². The highest BCUT2D eigenvalue weighted by Crippen LogP contribution is 2.38. The van der Waals surface area contributed by atoms with Crippen LogP contribution in [0, 0.1) is 5.21 Å². The van der Waals surface area contributed by atoms with Gasteiger partial charge in [0.2, 0.25) is 0 Å². The monoisotopic (exact) mass is 461 g/mol. The van der Waals surface area contributed by atoms with Gasteiger partial charge in [-0.3, -0.25) is 10.00 Å². The number of quaternary nitrogens is 1. The number of urea groups is 1. The van der Waals surface area contributed by atoms with Crippen LogP contribution in [0.5, 0.6) is 0 Å². The van der Waals surface area contributed by atoms with Gasteiger partial charge >= 0.3 is 16.2 Å². The minimum absolute atomic E-state index is 0.155. The SMILES string of the molecule is Cn1cc(N(C2CCOC2)S(=O)(=O)[NH+]([O-])C(=O)Nc2c3c(cc4c2CCC4)CCC3)cn1. The predicted molar refractivity (Wildman–Crippen MR) is 118 cm³/mol. The number of anilines is 2. The minimum atomic E-state index is -4.62. The number of aromatic nitrogens is 2. The van der Waals surface area contributed by atoms with Crippen LogP contribution in [0.3, 0.4) is 0 Å². The quantitative estimate of drug-likeness (QED) is 0.637. The fourth-order valence-electron chi connectivity index (χ4n) is 5.11. The normalized spacial score (nSPS) is 20.8. The zero-order valence-corrected chi connectivity index (χ0v) is 18.8. The molecule has 10 nitrogen and oxygen atoms in total. The van der Waals surface area contributed by atoms with E-state index in [0.717, 1.165) is 54.0 Å². The topological polar surface area (TPSA) is 121 Å². The second-order valence-corrected chi connectivity index (χ2v) is 10.4. The van der Waals surface area contributed by atoms with Crippen LogP contribution < -0.4 is 14.1 Å². The number of aryl methyl sites for hydroxylation is 3. The standard InChI is InChI=1S/C21H27N5O5S/c1-24-12-17(11-22-24)25(16-8-9-31-13-16)32(29,30)26(28)21(27)23-20-18-6-2-4-14(18)10-15-5-3-7-19(15)20/h10-12,16,26H,2-9,13H2,1H3,(H,23,27). The van der Waals surface area contributed by atoms with E-state index >= 15 is 0 Å². The van der Waals surface area contributed by atoms with Gasteiger partial charge in [0.05, 0.1) is 30.2 Å². The van der Waals surface area contributed by atoms with Crippen LogP contribution in [-0.2, 0) is 47.7 Å². The van der Waals surface area contributed by atoms with Crippen LogP contribution in [0.4, 0.5) is 16.2 Å². The summed E-state index contributed by atoms with van der Waals surface area (Å²) in [6.45, 7) is 0.544. The zero-order chi connectivity index (χ0) is 22.5. The highest BCUT2D eigenvalue weighted by atomic mass is 32.2. The van der Waals surface area contributed by atoms with E-state index in [1.54, 1.807) is 7.05 Å². The van der Waals surface area contributed by atoms with Crippen LogP contribution >= 0.6 is 0 Å². The molecule has 2 aromatic rings. The fourth-order valence-corrected chi connectivity index (χ4v) is 6.51. The van der Waals surface area contributed by atoms with Gasteiger partial charge < -0.3 is 9.94 Å². The molecule has 2 heterocycles. The van der Waals surface area contributed by atoms with Crippen molar-refractivity contribution in [2.75, 3.05) is 22.8 Å². The molecule has 5 rings (SSSR count). The van der Waals surface area contributed by atoms with Crippen LogP contribution in [0.1, 0.15) is 41.5 Å². The molecule has 2 N–H and O–H groups in total. The zero-order valence-electron chi connectivity index (χ0n) is 18.0. The third-order valence-corrected chi connectivity index (χ3v) is 8.25. The van der Waals surface area contributed by atoms with Crippen LogP contribution in [0.15, 0.2) is 18.5 Å². The molecular weight excluding hydrogens is 434 g/mol. The van der Waals surface area contributed by atoms with E-state index in [-0.39, 0.29) is 12.3 Å². The highest BCUT2D eigenvalue weighted by Gasteiger charge is 2.41. The van der Waals surface area contributed by atoms with Crippen LogP contribution in [0.2, 0.25) is 0 Å². The third-order valence-electron chi connectivity index (χ3n) is 6.57. The Labute approximate surface area is 186 Å². The summed E-state index contributed by atoms with van der Waals surface area (Å²) in [6, 6.07) is 0.529. The molecule has 0 saturated carbocycles. The summed E-state index contributed by atoms with van der Waals surface area (Å²) in [5.41, 5.74) is 5.35. The molecule has 2 unspecified atom stereocenters. The molecule has 3 aliphatic rings. The lowest BCUT2D eigenvalue weighted by atomic mass is 9.99. The molecule has 1 saturated heterocycles. The Kier molecular flexibility index (Phi) is 5.44. The second kappa shape index (κ2) is 8.14. The average Bonchev–Trinajstić information content (AvgIpc) is 3.55. The summed E-state index contributed by atoms with van der Waals surface area (Å²) < 4.78 is 33.0. The van der Waals surface area contributed by atoms with Gasteiger partial charge in [-0.2, -0.15) is 18.0 Å². The number of hydrogen-bond donors (Lipinski definition) is 2. The number of amides is 2. The van der Waals surface area contributed by atoms with Gasteiger partial charge in [0.25, 0.3) is 0 Å². The number of fused-ring (bicyclic) bond motifs is 2. The smallest absolute Gasteiger partial charge is 0.436 e. The summed E-state index contributed by atoms with van der Waals surface area (Å²) in [4.78, 5) is 13.0. The first kappa shape index (κ1) is 21.4. The van der Waals surface area contributed by atoms with Crippen LogP contribution in [0.25, 0.3) is 0 Å². The number of rotatable bonds is 5. The van der Waals surface area contributed by atoms with Gasteiger partial charge in [0.1, 0.15) is 0 Å². The van der Waals surface area contributed by atoms with Crippen LogP contribution in [-0.4, -0.2) is 43.5 Å². The maximum atomic E-state index is 13.3. The van der Waals surface area contributed by atoms with Crippen molar-refractivity contribution in [3.05, 3.63) is 45.9 Å². The first-order valence-corrected chi connectivity index (χ1v) is 12.4. The number of benzene rings is 1. The van der Waals surface area contributed by atoms with Crippen molar-refractivity contribution in [2.45, 2.75) is 51.0 Å².